The molecule has 0 saturated heterocycles. The molecule has 1 aromatic rings. The monoisotopic (exact) mass is 239 g/mol. The van der Waals surface area contributed by atoms with E-state index in [9.17, 15) is 4.39 Å². The molecule has 0 aliphatic rings. The summed E-state index contributed by atoms with van der Waals surface area (Å²) in [6.07, 6.45) is 4.70. The van der Waals surface area contributed by atoms with Crippen molar-refractivity contribution in [1.29, 1.82) is 0 Å². The number of nitrogen functional groups attached to an aromatic ring is 1. The van der Waals surface area contributed by atoms with E-state index >= 15 is 0 Å². The van der Waals surface area contributed by atoms with Gasteiger partial charge in [-0.15, -0.1) is 0 Å². The van der Waals surface area contributed by atoms with E-state index in [0.717, 1.165) is 6.42 Å². The highest BCUT2D eigenvalue weighted by atomic mass is 19.1. The molecule has 0 radical (unpaired) electrons. The normalized spacial score (nSPS) is 12.4. The van der Waals surface area contributed by atoms with Crippen LogP contribution in [0.2, 0.25) is 0 Å². The molecule has 0 bridgehead atoms. The van der Waals surface area contributed by atoms with Crippen molar-refractivity contribution in [2.45, 2.75) is 39.5 Å². The summed E-state index contributed by atoms with van der Waals surface area (Å²) in [6.45, 7) is 5.01. The number of benzene rings is 1. The minimum Gasteiger partial charge on any atom is -0.491 e. The Morgan fingerprint density at radius 2 is 2.12 bits per heavy atom. The lowest BCUT2D eigenvalue weighted by Crippen LogP contribution is -2.12. The van der Waals surface area contributed by atoms with Crippen molar-refractivity contribution in [3.8, 4) is 5.75 Å². The maximum Gasteiger partial charge on any atom is 0.142 e. The Bertz CT molecular complexity index is 341. The van der Waals surface area contributed by atoms with Gasteiger partial charge in [0.1, 0.15) is 11.6 Å². The van der Waals surface area contributed by atoms with Gasteiger partial charge in [0.05, 0.1) is 12.3 Å². The Kier molecular flexibility index (Phi) is 5.81. The quantitative estimate of drug-likeness (QED) is 0.730. The van der Waals surface area contributed by atoms with Gasteiger partial charge in [0.25, 0.3) is 0 Å². The van der Waals surface area contributed by atoms with E-state index in [0.29, 0.717) is 24.0 Å². The molecule has 1 rings (SSSR count). The van der Waals surface area contributed by atoms with Crippen molar-refractivity contribution < 1.29 is 9.13 Å². The third-order valence-electron chi connectivity index (χ3n) is 2.99. The van der Waals surface area contributed by atoms with Crippen LogP contribution >= 0.6 is 0 Å². The van der Waals surface area contributed by atoms with E-state index in [1.165, 1.54) is 31.4 Å². The zero-order chi connectivity index (χ0) is 12.7. The van der Waals surface area contributed by atoms with Crippen molar-refractivity contribution in [1.82, 2.24) is 0 Å². The molecular formula is C14H22FNO. The summed E-state index contributed by atoms with van der Waals surface area (Å²) in [5, 5.41) is 0. The summed E-state index contributed by atoms with van der Waals surface area (Å²) < 4.78 is 18.5. The molecule has 0 fully saturated rings. The molecule has 0 aliphatic heterocycles. The molecule has 2 N–H and O–H groups in total. The second-order valence-corrected chi connectivity index (χ2v) is 4.41. The average molecular weight is 239 g/mol. The number of anilines is 1. The Balaban J connectivity index is 2.47. The van der Waals surface area contributed by atoms with Gasteiger partial charge in [0, 0.05) is 6.07 Å². The highest BCUT2D eigenvalue weighted by Gasteiger charge is 2.08. The Morgan fingerprint density at radius 3 is 2.71 bits per heavy atom. The Morgan fingerprint density at radius 1 is 1.35 bits per heavy atom. The van der Waals surface area contributed by atoms with Crippen LogP contribution in [0, 0.1) is 11.7 Å². The number of halogens is 1. The standard InChI is InChI=1S/C14H22FNO/c1-3-5-6-11(4-2)10-17-14-8-7-12(15)9-13(14)16/h7-9,11H,3-6,10,16H2,1-2H3. The van der Waals surface area contributed by atoms with Gasteiger partial charge in [0.15, 0.2) is 0 Å². The zero-order valence-corrected chi connectivity index (χ0v) is 10.7. The highest BCUT2D eigenvalue weighted by Crippen LogP contribution is 2.23. The fourth-order valence-corrected chi connectivity index (χ4v) is 1.76. The average Bonchev–Trinajstić information content (AvgIpc) is 2.31. The Hall–Kier alpha value is -1.25. The predicted molar refractivity (Wildman–Crippen MR) is 69.6 cm³/mol. The molecule has 0 aliphatic carbocycles. The van der Waals surface area contributed by atoms with Crippen molar-refractivity contribution in [3.63, 3.8) is 0 Å². The van der Waals surface area contributed by atoms with Crippen LogP contribution in [-0.4, -0.2) is 6.61 Å². The number of hydrogen-bond acceptors (Lipinski definition) is 2. The van der Waals surface area contributed by atoms with E-state index in [4.69, 9.17) is 10.5 Å². The lowest BCUT2D eigenvalue weighted by molar-refractivity contribution is 0.234. The van der Waals surface area contributed by atoms with Gasteiger partial charge in [-0.25, -0.2) is 4.39 Å². The number of rotatable bonds is 7. The van der Waals surface area contributed by atoms with Crippen molar-refractivity contribution >= 4 is 5.69 Å². The molecular weight excluding hydrogens is 217 g/mol. The minimum absolute atomic E-state index is 0.326. The van der Waals surface area contributed by atoms with Crippen molar-refractivity contribution in [2.75, 3.05) is 12.3 Å². The number of ether oxygens (including phenoxy) is 1. The molecule has 0 aromatic heterocycles. The van der Waals surface area contributed by atoms with Crippen molar-refractivity contribution in [2.24, 2.45) is 5.92 Å². The van der Waals surface area contributed by atoms with Crippen LogP contribution in [0.15, 0.2) is 18.2 Å². The molecule has 0 heterocycles. The van der Waals surface area contributed by atoms with Crippen LogP contribution in [0.4, 0.5) is 10.1 Å². The topological polar surface area (TPSA) is 35.2 Å². The van der Waals surface area contributed by atoms with Crippen LogP contribution in [0.3, 0.4) is 0 Å². The van der Waals surface area contributed by atoms with Gasteiger partial charge < -0.3 is 10.5 Å². The van der Waals surface area contributed by atoms with E-state index < -0.39 is 0 Å². The summed E-state index contributed by atoms with van der Waals surface area (Å²) in [5.41, 5.74) is 6.05. The number of hydrogen-bond donors (Lipinski definition) is 1. The van der Waals surface area contributed by atoms with E-state index in [1.807, 2.05) is 0 Å². The molecule has 17 heavy (non-hydrogen) atoms. The van der Waals surface area contributed by atoms with Crippen LogP contribution in [-0.2, 0) is 0 Å². The minimum atomic E-state index is -0.326. The maximum atomic E-state index is 12.8. The first-order valence-corrected chi connectivity index (χ1v) is 6.35. The fraction of sp³-hybridized carbons (Fsp3) is 0.571. The molecule has 0 spiro atoms. The summed E-state index contributed by atoms with van der Waals surface area (Å²) in [6, 6.07) is 4.26. The smallest absolute Gasteiger partial charge is 0.142 e. The van der Waals surface area contributed by atoms with Crippen LogP contribution in [0.25, 0.3) is 0 Å². The maximum absolute atomic E-state index is 12.8. The molecule has 1 aromatic carbocycles. The highest BCUT2D eigenvalue weighted by molar-refractivity contribution is 5.52. The molecule has 0 amide bonds. The lowest BCUT2D eigenvalue weighted by atomic mass is 10.0. The Labute approximate surface area is 103 Å². The second-order valence-electron chi connectivity index (χ2n) is 4.41. The third-order valence-corrected chi connectivity index (χ3v) is 2.99. The summed E-state index contributed by atoms with van der Waals surface area (Å²) in [4.78, 5) is 0. The molecule has 1 unspecified atom stereocenters. The van der Waals surface area contributed by atoms with E-state index in [2.05, 4.69) is 13.8 Å². The van der Waals surface area contributed by atoms with Gasteiger partial charge in [0.2, 0.25) is 0 Å². The number of unbranched alkanes of at least 4 members (excludes halogenated alkanes) is 1. The van der Waals surface area contributed by atoms with Gasteiger partial charge in [-0.3, -0.25) is 0 Å². The summed E-state index contributed by atoms with van der Waals surface area (Å²) in [7, 11) is 0. The van der Waals surface area contributed by atoms with Crippen LogP contribution < -0.4 is 10.5 Å². The second kappa shape index (κ2) is 7.15. The molecule has 3 heteroatoms. The largest absolute Gasteiger partial charge is 0.491 e. The predicted octanol–water partition coefficient (Wildman–Crippen LogP) is 4.00. The van der Waals surface area contributed by atoms with E-state index in [-0.39, 0.29) is 5.82 Å². The first-order valence-electron chi connectivity index (χ1n) is 6.35. The van der Waals surface area contributed by atoms with Gasteiger partial charge >= 0.3 is 0 Å². The van der Waals surface area contributed by atoms with Gasteiger partial charge in [-0.1, -0.05) is 33.1 Å². The number of nitrogens with two attached hydrogens (primary N) is 1. The fourth-order valence-electron chi connectivity index (χ4n) is 1.76. The molecule has 1 atom stereocenters. The summed E-state index contributed by atoms with van der Waals surface area (Å²) >= 11 is 0. The van der Waals surface area contributed by atoms with Gasteiger partial charge in [-0.05, 0) is 24.5 Å². The lowest BCUT2D eigenvalue weighted by Gasteiger charge is -2.16. The van der Waals surface area contributed by atoms with Crippen molar-refractivity contribution in [3.05, 3.63) is 24.0 Å². The first kappa shape index (κ1) is 13.8. The molecule has 2 nitrogen and oxygen atoms in total. The zero-order valence-electron chi connectivity index (χ0n) is 10.7. The molecule has 0 saturated carbocycles. The summed E-state index contributed by atoms with van der Waals surface area (Å²) in [5.74, 6) is 0.814. The molecule has 96 valence electrons. The van der Waals surface area contributed by atoms with Crippen LogP contribution in [0.1, 0.15) is 39.5 Å². The SMILES string of the molecule is CCCCC(CC)COc1ccc(F)cc1N. The van der Waals surface area contributed by atoms with Gasteiger partial charge in [-0.2, -0.15) is 0 Å². The first-order chi connectivity index (χ1) is 8.17. The third kappa shape index (κ3) is 4.63. The van der Waals surface area contributed by atoms with E-state index in [1.54, 1.807) is 6.07 Å². The van der Waals surface area contributed by atoms with Crippen LogP contribution in [0.5, 0.6) is 5.75 Å².